The molecule has 1 aliphatic heterocycles. The van der Waals surface area contributed by atoms with E-state index in [4.69, 9.17) is 18.9 Å². The van der Waals surface area contributed by atoms with Gasteiger partial charge in [-0.3, -0.25) is 4.98 Å². The van der Waals surface area contributed by atoms with Crippen LogP contribution in [0.2, 0.25) is 18.1 Å². The lowest BCUT2D eigenvalue weighted by atomic mass is 10.0. The van der Waals surface area contributed by atoms with Crippen LogP contribution in [0.3, 0.4) is 0 Å². The van der Waals surface area contributed by atoms with Crippen LogP contribution in [0.5, 0.6) is 0 Å². The van der Waals surface area contributed by atoms with E-state index in [-0.39, 0.29) is 23.9 Å². The summed E-state index contributed by atoms with van der Waals surface area (Å²) in [5.74, 6) is -0.737. The highest BCUT2D eigenvalue weighted by Crippen LogP contribution is 2.44. The van der Waals surface area contributed by atoms with Gasteiger partial charge in [0, 0.05) is 36.0 Å². The van der Waals surface area contributed by atoms with Crippen LogP contribution in [0, 0.1) is 0 Å². The van der Waals surface area contributed by atoms with E-state index in [1.165, 1.54) is 16.3 Å². The number of hydrogen-bond donors (Lipinski definition) is 1. The Bertz CT molecular complexity index is 1150. The van der Waals surface area contributed by atoms with Crippen molar-refractivity contribution in [3.05, 3.63) is 42.2 Å². The minimum Gasteiger partial charge on any atom is -0.408 e. The Kier molecular flexibility index (Phi) is 6.25. The Hall–Kier alpha value is -1.77. The highest BCUT2D eigenvalue weighted by atomic mass is 28.4. The third kappa shape index (κ3) is 4.49. The number of pyridine rings is 1. The number of rotatable bonds is 6. The van der Waals surface area contributed by atoms with Gasteiger partial charge in [0.25, 0.3) is 0 Å². The minimum absolute atomic E-state index is 0.0424. The predicted octanol–water partition coefficient (Wildman–Crippen LogP) is 5.69. The number of aliphatic hydroxyl groups is 1. The minimum atomic E-state index is -2.14. The van der Waals surface area contributed by atoms with Crippen molar-refractivity contribution in [2.45, 2.75) is 83.3 Å². The molecular weight excluding hydrogens is 432 g/mol. The maximum Gasteiger partial charge on any atom is 0.192 e. The summed E-state index contributed by atoms with van der Waals surface area (Å²) in [6, 6.07) is 10.5. The van der Waals surface area contributed by atoms with E-state index in [0.717, 1.165) is 11.2 Å². The van der Waals surface area contributed by atoms with Crippen molar-refractivity contribution in [1.82, 2.24) is 9.55 Å². The topological polar surface area (TPSA) is 65.7 Å². The SMILES string of the molecule is Cn1c2ccccc2c2ccnc(C(CC3OC(C)(C)OC3CO)O[Si](C)(C)C(C)(C)C)c21. The van der Waals surface area contributed by atoms with Gasteiger partial charge in [-0.25, -0.2) is 0 Å². The summed E-state index contributed by atoms with van der Waals surface area (Å²) in [5, 5.41) is 12.4. The van der Waals surface area contributed by atoms with Crippen LogP contribution in [-0.4, -0.2) is 47.6 Å². The number of benzene rings is 1. The Labute approximate surface area is 198 Å². The Morgan fingerprint density at radius 1 is 1.12 bits per heavy atom. The highest BCUT2D eigenvalue weighted by molar-refractivity contribution is 6.74. The van der Waals surface area contributed by atoms with E-state index in [9.17, 15) is 5.11 Å². The van der Waals surface area contributed by atoms with E-state index >= 15 is 0 Å². The molecule has 2 aromatic heterocycles. The summed E-state index contributed by atoms with van der Waals surface area (Å²) in [6.07, 6.45) is 1.48. The van der Waals surface area contributed by atoms with Crippen molar-refractivity contribution in [3.63, 3.8) is 0 Å². The molecule has 0 amide bonds. The number of aryl methyl sites for hydroxylation is 1. The van der Waals surface area contributed by atoms with Crippen LogP contribution in [0.25, 0.3) is 21.8 Å². The van der Waals surface area contributed by atoms with Crippen LogP contribution in [0.1, 0.15) is 52.8 Å². The molecule has 1 saturated heterocycles. The molecule has 1 aromatic carbocycles. The monoisotopic (exact) mass is 470 g/mol. The van der Waals surface area contributed by atoms with Crippen molar-refractivity contribution in [2.75, 3.05) is 6.61 Å². The summed E-state index contributed by atoms with van der Waals surface area (Å²) in [7, 11) is -0.0512. The van der Waals surface area contributed by atoms with Crippen LogP contribution < -0.4 is 0 Å². The molecule has 1 aliphatic rings. The van der Waals surface area contributed by atoms with Crippen molar-refractivity contribution >= 4 is 30.1 Å². The molecule has 7 heteroatoms. The summed E-state index contributed by atoms with van der Waals surface area (Å²) < 4.78 is 21.4. The second-order valence-corrected chi connectivity index (χ2v) is 15.9. The van der Waals surface area contributed by atoms with Gasteiger partial charge in [0.1, 0.15) is 6.10 Å². The normalized spacial score (nSPS) is 22.3. The fraction of sp³-hybridized carbons (Fsp3) is 0.577. The fourth-order valence-electron chi connectivity index (χ4n) is 4.61. The van der Waals surface area contributed by atoms with Gasteiger partial charge in [0.05, 0.1) is 30.0 Å². The molecular formula is C26H38N2O4Si. The van der Waals surface area contributed by atoms with Crippen LogP contribution in [0.15, 0.2) is 36.5 Å². The summed E-state index contributed by atoms with van der Waals surface area (Å²) in [5.41, 5.74) is 3.17. The van der Waals surface area contributed by atoms with Crippen LogP contribution in [-0.2, 0) is 20.9 Å². The molecule has 3 unspecified atom stereocenters. The average Bonchev–Trinajstić information content (AvgIpc) is 3.20. The Balaban J connectivity index is 1.84. The number of fused-ring (bicyclic) bond motifs is 3. The molecule has 3 atom stereocenters. The van der Waals surface area contributed by atoms with E-state index in [2.05, 4.69) is 75.8 Å². The Morgan fingerprint density at radius 3 is 2.45 bits per heavy atom. The van der Waals surface area contributed by atoms with E-state index < -0.39 is 20.2 Å². The lowest BCUT2D eigenvalue weighted by Gasteiger charge is -2.40. The number of hydrogen-bond acceptors (Lipinski definition) is 5. The van der Waals surface area contributed by atoms with Crippen LogP contribution >= 0.6 is 0 Å². The molecule has 33 heavy (non-hydrogen) atoms. The third-order valence-electron chi connectivity index (χ3n) is 7.30. The molecule has 1 fully saturated rings. The molecule has 0 saturated carbocycles. The zero-order valence-corrected chi connectivity index (χ0v) is 22.2. The maximum absolute atomic E-state index is 9.97. The standard InChI is InChI=1S/C26H38N2O4Si/c1-25(2,3)33(7,8)32-21(15-20-22(16-29)31-26(4,5)30-20)23-24-18(13-14-27-23)17-11-9-10-12-19(17)28(24)6/h9-14,20-22,29H,15-16H2,1-8H3. The number of para-hydroxylation sites is 1. The summed E-state index contributed by atoms with van der Waals surface area (Å²) in [6.45, 7) is 15.0. The third-order valence-corrected chi connectivity index (χ3v) is 11.8. The van der Waals surface area contributed by atoms with Gasteiger partial charge in [0.15, 0.2) is 14.1 Å². The zero-order valence-electron chi connectivity index (χ0n) is 21.2. The summed E-state index contributed by atoms with van der Waals surface area (Å²) >= 11 is 0. The number of aromatic nitrogens is 2. The van der Waals surface area contributed by atoms with Gasteiger partial charge in [-0.15, -0.1) is 0 Å². The fourth-order valence-corrected chi connectivity index (χ4v) is 5.89. The van der Waals surface area contributed by atoms with Gasteiger partial charge >= 0.3 is 0 Å². The van der Waals surface area contributed by atoms with E-state index in [0.29, 0.717) is 6.42 Å². The number of aliphatic hydroxyl groups excluding tert-OH is 1. The molecule has 0 aliphatic carbocycles. The van der Waals surface area contributed by atoms with Crippen molar-refractivity contribution in [1.29, 1.82) is 0 Å². The quantitative estimate of drug-likeness (QED) is 0.469. The molecule has 4 rings (SSSR count). The first-order valence-electron chi connectivity index (χ1n) is 11.8. The number of ether oxygens (including phenoxy) is 2. The maximum atomic E-state index is 9.97. The highest BCUT2D eigenvalue weighted by Gasteiger charge is 2.45. The smallest absolute Gasteiger partial charge is 0.192 e. The molecule has 180 valence electrons. The molecule has 0 bridgehead atoms. The first kappa shape index (κ1) is 24.4. The molecule has 3 aromatic rings. The first-order chi connectivity index (χ1) is 15.3. The first-order valence-corrected chi connectivity index (χ1v) is 14.7. The van der Waals surface area contributed by atoms with Crippen molar-refractivity contribution in [3.8, 4) is 0 Å². The molecule has 0 radical (unpaired) electrons. The lowest BCUT2D eigenvalue weighted by molar-refractivity contribution is -0.150. The zero-order chi connectivity index (χ0) is 24.2. The predicted molar refractivity (Wildman–Crippen MR) is 135 cm³/mol. The molecule has 3 heterocycles. The van der Waals surface area contributed by atoms with Crippen molar-refractivity contribution < 1.29 is 19.0 Å². The van der Waals surface area contributed by atoms with Crippen LogP contribution in [0.4, 0.5) is 0 Å². The van der Waals surface area contributed by atoms with Gasteiger partial charge < -0.3 is 23.6 Å². The van der Waals surface area contributed by atoms with Crippen molar-refractivity contribution in [2.24, 2.45) is 7.05 Å². The number of nitrogens with zero attached hydrogens (tertiary/aromatic N) is 2. The lowest BCUT2D eigenvalue weighted by Crippen LogP contribution is -2.43. The van der Waals surface area contributed by atoms with E-state index in [1.807, 2.05) is 20.0 Å². The average molecular weight is 471 g/mol. The molecule has 0 spiro atoms. The Morgan fingerprint density at radius 2 is 1.79 bits per heavy atom. The van der Waals surface area contributed by atoms with E-state index in [1.54, 1.807) is 0 Å². The summed E-state index contributed by atoms with van der Waals surface area (Å²) in [4.78, 5) is 4.88. The van der Waals surface area contributed by atoms with Gasteiger partial charge in [-0.1, -0.05) is 39.0 Å². The van der Waals surface area contributed by atoms with Gasteiger partial charge in [0.2, 0.25) is 0 Å². The van der Waals surface area contributed by atoms with Gasteiger partial charge in [-0.05, 0) is 44.1 Å². The largest absolute Gasteiger partial charge is 0.408 e. The van der Waals surface area contributed by atoms with Gasteiger partial charge in [-0.2, -0.15) is 0 Å². The molecule has 1 N–H and O–H groups in total. The second kappa shape index (κ2) is 8.47. The second-order valence-electron chi connectivity index (χ2n) is 11.2. The molecule has 6 nitrogen and oxygen atoms in total.